The zero-order chi connectivity index (χ0) is 8.85. The molecule has 0 saturated heterocycles. The molecule has 0 aromatic heterocycles. The van der Waals surface area contributed by atoms with Gasteiger partial charge in [-0.05, 0) is 20.8 Å². The molecule has 0 rings (SSSR count). The summed E-state index contributed by atoms with van der Waals surface area (Å²) in [7, 11) is 0. The first kappa shape index (κ1) is 10.0. The molecule has 0 aromatic carbocycles. The van der Waals surface area contributed by atoms with Crippen molar-refractivity contribution in [1.82, 2.24) is 5.32 Å². The molecule has 0 spiro atoms. The highest BCUT2D eigenvalue weighted by Gasteiger charge is 1.92. The van der Waals surface area contributed by atoms with Crippen molar-refractivity contribution in [2.45, 2.75) is 26.8 Å². The molecule has 0 saturated carbocycles. The highest BCUT2D eigenvalue weighted by molar-refractivity contribution is 5.13. The fraction of sp³-hybridized carbons (Fsp3) is 0.400. The minimum Gasteiger partial charge on any atom is -0.383 e. The average molecular weight is 151 g/mol. The van der Waals surface area contributed by atoms with Crippen LogP contribution in [0.25, 0.3) is 0 Å². The lowest BCUT2D eigenvalue weighted by molar-refractivity contribution is 0.730. The van der Waals surface area contributed by atoms with E-state index in [1.807, 2.05) is 19.9 Å². The Balaban J connectivity index is 3.77. The van der Waals surface area contributed by atoms with Crippen molar-refractivity contribution in [1.29, 1.82) is 0 Å². The molecule has 0 aromatic rings. The second kappa shape index (κ2) is 4.78. The van der Waals surface area contributed by atoms with Crippen molar-refractivity contribution in [3.8, 4) is 0 Å². The zero-order valence-corrected chi connectivity index (χ0v) is 7.65. The van der Waals surface area contributed by atoms with Crippen LogP contribution in [0.15, 0.2) is 36.6 Å². The predicted octanol–water partition coefficient (Wildman–Crippen LogP) is 2.63. The van der Waals surface area contributed by atoms with Gasteiger partial charge in [0.2, 0.25) is 0 Å². The van der Waals surface area contributed by atoms with Crippen LogP contribution in [-0.4, -0.2) is 6.04 Å². The van der Waals surface area contributed by atoms with Gasteiger partial charge in [-0.15, -0.1) is 0 Å². The van der Waals surface area contributed by atoms with Gasteiger partial charge in [-0.3, -0.25) is 0 Å². The third kappa shape index (κ3) is 6.91. The molecule has 0 aliphatic heterocycles. The van der Waals surface area contributed by atoms with Gasteiger partial charge in [0.1, 0.15) is 0 Å². The van der Waals surface area contributed by atoms with Crippen LogP contribution in [0.2, 0.25) is 0 Å². The minimum absolute atomic E-state index is 0.337. The van der Waals surface area contributed by atoms with Crippen LogP contribution in [0.5, 0.6) is 0 Å². The highest BCUT2D eigenvalue weighted by Crippen LogP contribution is 1.94. The van der Waals surface area contributed by atoms with E-state index in [0.717, 1.165) is 11.3 Å². The number of rotatable bonds is 4. The summed E-state index contributed by atoms with van der Waals surface area (Å²) in [6.07, 6.45) is 4.07. The Bertz CT molecular complexity index is 177. The van der Waals surface area contributed by atoms with Crippen LogP contribution in [0.4, 0.5) is 0 Å². The summed E-state index contributed by atoms with van der Waals surface area (Å²) >= 11 is 0. The monoisotopic (exact) mass is 151 g/mol. The van der Waals surface area contributed by atoms with E-state index in [2.05, 4.69) is 31.5 Å². The van der Waals surface area contributed by atoms with Crippen LogP contribution < -0.4 is 5.32 Å². The van der Waals surface area contributed by atoms with Gasteiger partial charge in [0.05, 0.1) is 0 Å². The summed E-state index contributed by atoms with van der Waals surface area (Å²) in [5.41, 5.74) is 2.06. The van der Waals surface area contributed by atoms with Crippen LogP contribution in [0, 0.1) is 0 Å². The molecule has 0 unspecified atom stereocenters. The Morgan fingerprint density at radius 2 is 1.91 bits per heavy atom. The van der Waals surface area contributed by atoms with E-state index in [0.29, 0.717) is 6.04 Å². The summed E-state index contributed by atoms with van der Waals surface area (Å²) < 4.78 is 0. The minimum atomic E-state index is 0.337. The molecule has 0 aliphatic carbocycles. The maximum Gasteiger partial charge on any atom is 0.0416 e. The molecule has 62 valence electrons. The van der Waals surface area contributed by atoms with Crippen LogP contribution in [0.3, 0.4) is 0 Å². The van der Waals surface area contributed by atoms with Gasteiger partial charge in [-0.1, -0.05) is 30.9 Å². The maximum absolute atomic E-state index is 3.77. The fourth-order valence-corrected chi connectivity index (χ4v) is 0.745. The molecule has 1 atom stereocenters. The Labute approximate surface area is 69.5 Å². The zero-order valence-electron chi connectivity index (χ0n) is 7.65. The van der Waals surface area contributed by atoms with Crippen molar-refractivity contribution >= 4 is 0 Å². The molecule has 1 N–H and O–H groups in total. The SMILES string of the molecule is C=C(C)/C=C/[C@H](C)NC(=C)C. The van der Waals surface area contributed by atoms with Crippen molar-refractivity contribution in [3.05, 3.63) is 36.6 Å². The van der Waals surface area contributed by atoms with Gasteiger partial charge in [0, 0.05) is 11.7 Å². The lowest BCUT2D eigenvalue weighted by atomic mass is 10.2. The van der Waals surface area contributed by atoms with Gasteiger partial charge in [0.25, 0.3) is 0 Å². The van der Waals surface area contributed by atoms with Crippen LogP contribution in [0.1, 0.15) is 20.8 Å². The first-order valence-electron chi connectivity index (χ1n) is 3.78. The molecular formula is C10H17N. The third-order valence-corrected chi connectivity index (χ3v) is 1.14. The molecule has 0 fully saturated rings. The summed E-state index contributed by atoms with van der Waals surface area (Å²) in [6, 6.07) is 0.337. The van der Waals surface area contributed by atoms with Crippen molar-refractivity contribution in [2.24, 2.45) is 0 Å². The molecule has 0 bridgehead atoms. The van der Waals surface area contributed by atoms with Gasteiger partial charge in [0.15, 0.2) is 0 Å². The van der Waals surface area contributed by atoms with E-state index in [1.54, 1.807) is 0 Å². The maximum atomic E-state index is 3.77. The molecular weight excluding hydrogens is 134 g/mol. The number of allylic oxidation sites excluding steroid dienone is 3. The smallest absolute Gasteiger partial charge is 0.0416 e. The van der Waals surface area contributed by atoms with E-state index in [4.69, 9.17) is 0 Å². The van der Waals surface area contributed by atoms with E-state index < -0.39 is 0 Å². The Morgan fingerprint density at radius 3 is 2.27 bits per heavy atom. The van der Waals surface area contributed by atoms with E-state index in [1.165, 1.54) is 0 Å². The average Bonchev–Trinajstić information content (AvgIpc) is 1.82. The lowest BCUT2D eigenvalue weighted by Gasteiger charge is -2.09. The van der Waals surface area contributed by atoms with E-state index in [9.17, 15) is 0 Å². The van der Waals surface area contributed by atoms with Crippen molar-refractivity contribution in [3.63, 3.8) is 0 Å². The summed E-state index contributed by atoms with van der Waals surface area (Å²) in [5.74, 6) is 0. The van der Waals surface area contributed by atoms with Gasteiger partial charge >= 0.3 is 0 Å². The number of hydrogen-bond acceptors (Lipinski definition) is 1. The Morgan fingerprint density at radius 1 is 1.36 bits per heavy atom. The first-order chi connectivity index (χ1) is 5.02. The molecule has 0 amide bonds. The first-order valence-corrected chi connectivity index (χ1v) is 3.78. The standard InChI is InChI=1S/C10H17N/c1-8(2)6-7-10(5)11-9(3)4/h6-7,10-11H,1,3H2,2,4-5H3/b7-6+/t10-/m0/s1. The van der Waals surface area contributed by atoms with Crippen molar-refractivity contribution in [2.75, 3.05) is 0 Å². The molecule has 0 heterocycles. The van der Waals surface area contributed by atoms with Gasteiger partial charge in [-0.2, -0.15) is 0 Å². The fourth-order valence-electron chi connectivity index (χ4n) is 0.745. The van der Waals surface area contributed by atoms with Crippen LogP contribution in [-0.2, 0) is 0 Å². The molecule has 0 aliphatic rings. The molecule has 1 heteroatoms. The highest BCUT2D eigenvalue weighted by atomic mass is 14.9. The largest absolute Gasteiger partial charge is 0.383 e. The van der Waals surface area contributed by atoms with Crippen molar-refractivity contribution < 1.29 is 0 Å². The molecule has 11 heavy (non-hydrogen) atoms. The number of hydrogen-bond donors (Lipinski definition) is 1. The van der Waals surface area contributed by atoms with Gasteiger partial charge < -0.3 is 5.32 Å². The Kier molecular flexibility index (Phi) is 4.35. The summed E-state index contributed by atoms with van der Waals surface area (Å²) in [5, 5.41) is 3.18. The predicted molar refractivity (Wildman–Crippen MR) is 51.4 cm³/mol. The van der Waals surface area contributed by atoms with Gasteiger partial charge in [-0.25, -0.2) is 0 Å². The third-order valence-electron chi connectivity index (χ3n) is 1.14. The second-order valence-electron chi connectivity index (χ2n) is 2.92. The summed E-state index contributed by atoms with van der Waals surface area (Å²) in [6.45, 7) is 13.5. The topological polar surface area (TPSA) is 12.0 Å². The molecule has 1 nitrogen and oxygen atoms in total. The second-order valence-corrected chi connectivity index (χ2v) is 2.92. The number of nitrogens with one attached hydrogen (secondary N) is 1. The molecule has 0 radical (unpaired) electrons. The quantitative estimate of drug-likeness (QED) is 0.609. The van der Waals surface area contributed by atoms with E-state index >= 15 is 0 Å². The summed E-state index contributed by atoms with van der Waals surface area (Å²) in [4.78, 5) is 0. The Hall–Kier alpha value is -0.980. The lowest BCUT2D eigenvalue weighted by Crippen LogP contribution is -2.20. The van der Waals surface area contributed by atoms with E-state index in [-0.39, 0.29) is 0 Å². The van der Waals surface area contributed by atoms with Crippen LogP contribution >= 0.6 is 0 Å². The normalized spacial score (nSPS) is 13.0.